The Balaban J connectivity index is 1.48. The number of fused-ring (bicyclic) bond motifs is 1. The van der Waals surface area contributed by atoms with Crippen LogP contribution in [0, 0.1) is 0 Å². The van der Waals surface area contributed by atoms with Crippen LogP contribution in [0.15, 0.2) is 35.8 Å². The monoisotopic (exact) mass is 396 g/mol. The van der Waals surface area contributed by atoms with Crippen molar-refractivity contribution in [2.24, 2.45) is 0 Å². The second kappa shape index (κ2) is 7.75. The van der Waals surface area contributed by atoms with E-state index in [0.717, 1.165) is 28.3 Å². The maximum Gasteiger partial charge on any atom is 0.228 e. The number of amides is 2. The highest BCUT2D eigenvalue weighted by Gasteiger charge is 2.23. The second-order valence-corrected chi connectivity index (χ2v) is 7.96. The summed E-state index contributed by atoms with van der Waals surface area (Å²) >= 11 is 1.56. The third-order valence-electron chi connectivity index (χ3n) is 5.35. The fraction of sp³-hybridized carbons (Fsp3) is 0.381. The minimum Gasteiger partial charge on any atom is -0.339 e. The zero-order valence-electron chi connectivity index (χ0n) is 16.2. The number of nitrogens with zero attached hydrogens (tertiary/aromatic N) is 4. The van der Waals surface area contributed by atoms with E-state index in [1.807, 2.05) is 20.9 Å². The Morgan fingerprint density at radius 1 is 1.07 bits per heavy atom. The number of benzene rings is 1. The number of thiazole rings is 1. The Hall–Kier alpha value is -2.67. The van der Waals surface area contributed by atoms with Gasteiger partial charge in [0.1, 0.15) is 0 Å². The Morgan fingerprint density at radius 2 is 1.75 bits per heavy atom. The van der Waals surface area contributed by atoms with Crippen molar-refractivity contribution in [1.82, 2.24) is 19.2 Å². The molecule has 0 spiro atoms. The van der Waals surface area contributed by atoms with Crippen LogP contribution in [0.1, 0.15) is 25.1 Å². The summed E-state index contributed by atoms with van der Waals surface area (Å²) in [5.41, 5.74) is 4.29. The molecule has 0 bridgehead atoms. The van der Waals surface area contributed by atoms with Gasteiger partial charge in [-0.15, -0.1) is 11.3 Å². The molecule has 2 aromatic heterocycles. The molecule has 0 saturated carbocycles. The van der Waals surface area contributed by atoms with E-state index < -0.39 is 0 Å². The lowest BCUT2D eigenvalue weighted by molar-refractivity contribution is -0.138. The molecule has 0 N–H and O–H groups in total. The molecule has 0 atom stereocenters. The lowest BCUT2D eigenvalue weighted by atomic mass is 10.1. The Labute approximate surface area is 168 Å². The summed E-state index contributed by atoms with van der Waals surface area (Å²) in [7, 11) is 0. The van der Waals surface area contributed by atoms with E-state index in [2.05, 4.69) is 31.2 Å². The SMILES string of the molecule is CCc1ccc(-c2cn3c(CC(=O)N4CCN(C(C)=O)CC4)csc3n2)cc1. The van der Waals surface area contributed by atoms with Crippen LogP contribution in [-0.2, 0) is 22.4 Å². The number of carbonyl (C=O) groups is 2. The van der Waals surface area contributed by atoms with Crippen LogP contribution in [0.2, 0.25) is 0 Å². The number of imidazole rings is 1. The van der Waals surface area contributed by atoms with Gasteiger partial charge in [-0.2, -0.15) is 0 Å². The second-order valence-electron chi connectivity index (χ2n) is 7.12. The van der Waals surface area contributed by atoms with Crippen molar-refractivity contribution in [3.8, 4) is 11.3 Å². The summed E-state index contributed by atoms with van der Waals surface area (Å²) in [6.45, 7) is 6.15. The van der Waals surface area contributed by atoms with Gasteiger partial charge in [-0.3, -0.25) is 14.0 Å². The quantitative estimate of drug-likeness (QED) is 0.681. The normalized spacial score (nSPS) is 14.6. The van der Waals surface area contributed by atoms with E-state index in [-0.39, 0.29) is 11.8 Å². The summed E-state index contributed by atoms with van der Waals surface area (Å²) in [6, 6.07) is 8.47. The van der Waals surface area contributed by atoms with E-state index in [1.54, 1.807) is 23.2 Å². The largest absolute Gasteiger partial charge is 0.339 e. The van der Waals surface area contributed by atoms with Crippen molar-refractivity contribution in [3.05, 3.63) is 47.1 Å². The Morgan fingerprint density at radius 3 is 2.39 bits per heavy atom. The zero-order chi connectivity index (χ0) is 19.7. The molecule has 1 saturated heterocycles. The van der Waals surface area contributed by atoms with Gasteiger partial charge >= 0.3 is 0 Å². The molecule has 0 aliphatic carbocycles. The molecule has 7 heteroatoms. The van der Waals surface area contributed by atoms with Crippen LogP contribution < -0.4 is 0 Å². The van der Waals surface area contributed by atoms with Crippen LogP contribution in [0.25, 0.3) is 16.2 Å². The molecule has 3 aromatic rings. The van der Waals surface area contributed by atoms with Gasteiger partial charge in [0.2, 0.25) is 11.8 Å². The number of hydrogen-bond donors (Lipinski definition) is 0. The van der Waals surface area contributed by atoms with Crippen LogP contribution in [-0.4, -0.2) is 57.2 Å². The molecule has 1 aliphatic rings. The summed E-state index contributed by atoms with van der Waals surface area (Å²) in [6.07, 6.45) is 3.39. The summed E-state index contributed by atoms with van der Waals surface area (Å²) < 4.78 is 2.03. The topological polar surface area (TPSA) is 57.9 Å². The molecule has 1 fully saturated rings. The van der Waals surface area contributed by atoms with Crippen molar-refractivity contribution in [3.63, 3.8) is 0 Å². The third kappa shape index (κ3) is 3.67. The standard InChI is InChI=1S/C21H24N4O2S/c1-3-16-4-6-17(7-5-16)19-13-25-18(14-28-21(25)22-19)12-20(27)24-10-8-23(9-11-24)15(2)26/h4-7,13-14H,3,8-12H2,1-2H3. The average molecular weight is 397 g/mol. The molecule has 6 nitrogen and oxygen atoms in total. The first-order chi connectivity index (χ1) is 13.5. The predicted octanol–water partition coefficient (Wildman–Crippen LogP) is 2.86. The number of carbonyl (C=O) groups excluding carboxylic acids is 2. The molecular weight excluding hydrogens is 372 g/mol. The van der Waals surface area contributed by atoms with Crippen molar-refractivity contribution in [2.75, 3.05) is 26.2 Å². The van der Waals surface area contributed by atoms with Crippen LogP contribution >= 0.6 is 11.3 Å². The van der Waals surface area contributed by atoms with E-state index in [9.17, 15) is 9.59 Å². The van der Waals surface area contributed by atoms with Crippen LogP contribution in [0.4, 0.5) is 0 Å². The van der Waals surface area contributed by atoms with Crippen molar-refractivity contribution < 1.29 is 9.59 Å². The molecule has 1 aliphatic heterocycles. The molecule has 1 aromatic carbocycles. The fourth-order valence-electron chi connectivity index (χ4n) is 3.54. The maximum atomic E-state index is 12.7. The highest BCUT2D eigenvalue weighted by atomic mass is 32.1. The van der Waals surface area contributed by atoms with Crippen LogP contribution in [0.3, 0.4) is 0 Å². The van der Waals surface area contributed by atoms with Gasteiger partial charge in [0.25, 0.3) is 0 Å². The van der Waals surface area contributed by atoms with E-state index in [4.69, 9.17) is 4.98 Å². The molecular formula is C21H24N4O2S. The van der Waals surface area contributed by atoms with Crippen molar-refractivity contribution in [1.29, 1.82) is 0 Å². The summed E-state index contributed by atoms with van der Waals surface area (Å²) in [4.78, 5) is 33.4. The number of aryl methyl sites for hydroxylation is 1. The minimum atomic E-state index is 0.0737. The lowest BCUT2D eigenvalue weighted by Crippen LogP contribution is -2.50. The Kier molecular flexibility index (Phi) is 5.17. The van der Waals surface area contributed by atoms with Crippen LogP contribution in [0.5, 0.6) is 0 Å². The van der Waals surface area contributed by atoms with Gasteiger partial charge in [-0.05, 0) is 12.0 Å². The van der Waals surface area contributed by atoms with E-state index >= 15 is 0 Å². The molecule has 2 amide bonds. The van der Waals surface area contributed by atoms with Gasteiger partial charge in [0, 0.05) is 55.9 Å². The average Bonchev–Trinajstić information content (AvgIpc) is 3.30. The highest BCUT2D eigenvalue weighted by Crippen LogP contribution is 2.24. The smallest absolute Gasteiger partial charge is 0.228 e. The maximum absolute atomic E-state index is 12.7. The van der Waals surface area contributed by atoms with Gasteiger partial charge in [-0.25, -0.2) is 4.98 Å². The molecule has 28 heavy (non-hydrogen) atoms. The van der Waals surface area contributed by atoms with E-state index in [0.29, 0.717) is 32.6 Å². The van der Waals surface area contributed by atoms with Gasteiger partial charge in [0.15, 0.2) is 4.96 Å². The zero-order valence-corrected chi connectivity index (χ0v) is 17.0. The molecule has 146 valence electrons. The van der Waals surface area contributed by atoms with Gasteiger partial charge < -0.3 is 9.80 Å². The third-order valence-corrected chi connectivity index (χ3v) is 6.24. The first-order valence-electron chi connectivity index (χ1n) is 9.63. The molecule has 0 unspecified atom stereocenters. The lowest BCUT2D eigenvalue weighted by Gasteiger charge is -2.34. The van der Waals surface area contributed by atoms with Crippen molar-refractivity contribution >= 4 is 28.1 Å². The first-order valence-corrected chi connectivity index (χ1v) is 10.5. The summed E-state index contributed by atoms with van der Waals surface area (Å²) in [5, 5.41) is 2.01. The number of aromatic nitrogens is 2. The summed E-state index contributed by atoms with van der Waals surface area (Å²) in [5.74, 6) is 0.176. The number of piperazine rings is 1. The first kappa shape index (κ1) is 18.7. The predicted molar refractivity (Wildman–Crippen MR) is 110 cm³/mol. The molecule has 4 rings (SSSR count). The van der Waals surface area contributed by atoms with Gasteiger partial charge in [-0.1, -0.05) is 31.2 Å². The molecule has 0 radical (unpaired) electrons. The number of hydrogen-bond acceptors (Lipinski definition) is 4. The number of rotatable bonds is 4. The van der Waals surface area contributed by atoms with Gasteiger partial charge in [0.05, 0.1) is 12.1 Å². The van der Waals surface area contributed by atoms with E-state index in [1.165, 1.54) is 5.56 Å². The minimum absolute atomic E-state index is 0.0737. The molecule has 3 heterocycles. The Bertz CT molecular complexity index is 997. The highest BCUT2D eigenvalue weighted by molar-refractivity contribution is 7.15. The fourth-order valence-corrected chi connectivity index (χ4v) is 4.42. The van der Waals surface area contributed by atoms with Crippen molar-refractivity contribution in [2.45, 2.75) is 26.7 Å².